The van der Waals surface area contributed by atoms with Gasteiger partial charge in [0.1, 0.15) is 5.69 Å². The van der Waals surface area contributed by atoms with Gasteiger partial charge in [-0.1, -0.05) is 0 Å². The maximum Gasteiger partial charge on any atom is 0.275 e. The first-order chi connectivity index (χ1) is 9.15. The molecule has 0 amide bonds. The van der Waals surface area contributed by atoms with Crippen LogP contribution in [0.1, 0.15) is 0 Å². The van der Waals surface area contributed by atoms with Crippen molar-refractivity contribution in [3.8, 4) is 0 Å². The van der Waals surface area contributed by atoms with Gasteiger partial charge in [0, 0.05) is 20.6 Å². The van der Waals surface area contributed by atoms with Gasteiger partial charge in [-0.25, -0.2) is 21.5 Å². The number of sulfonamides is 1. The summed E-state index contributed by atoms with van der Waals surface area (Å²) in [7, 11) is -0.827. The Balaban J connectivity index is 2.82. The van der Waals surface area contributed by atoms with Gasteiger partial charge < -0.3 is 5.32 Å². The van der Waals surface area contributed by atoms with Gasteiger partial charge in [0.05, 0.1) is 22.8 Å². The van der Waals surface area contributed by atoms with Gasteiger partial charge in [0.2, 0.25) is 10.0 Å². The largest absolute Gasteiger partial charge is 0.379 e. The first-order valence-corrected chi connectivity index (χ1v) is 7.03. The molecule has 0 spiro atoms. The maximum atomic E-state index is 13.5. The summed E-state index contributed by atoms with van der Waals surface area (Å²) in [5, 5.41) is 12.7. The average molecular weight is 309 g/mol. The van der Waals surface area contributed by atoms with Crippen LogP contribution in [0.2, 0.25) is 0 Å². The Hall–Kier alpha value is -1.81. The highest BCUT2D eigenvalue weighted by Crippen LogP contribution is 2.24. The van der Waals surface area contributed by atoms with Crippen LogP contribution in [0.15, 0.2) is 12.1 Å². The molecule has 1 N–H and O–H groups in total. The van der Waals surface area contributed by atoms with Crippen molar-refractivity contribution in [2.24, 2.45) is 0 Å². The zero-order valence-electron chi connectivity index (χ0n) is 10.8. The molecule has 1 aromatic carbocycles. The number of benzene rings is 1. The van der Waals surface area contributed by atoms with E-state index >= 15 is 0 Å². The van der Waals surface area contributed by atoms with E-state index in [1.807, 2.05) is 0 Å². The second kappa shape index (κ2) is 6.09. The number of non-ortho nitro benzene ring substituents is 1. The fraction of sp³-hybridized carbons (Fsp3) is 0.400. The zero-order chi connectivity index (χ0) is 15.5. The Labute approximate surface area is 114 Å². The van der Waals surface area contributed by atoms with Crippen LogP contribution in [-0.4, -0.2) is 44.0 Å². The minimum atomic E-state index is -3.50. The lowest BCUT2D eigenvalue weighted by Gasteiger charge is -2.12. The van der Waals surface area contributed by atoms with Crippen molar-refractivity contribution in [2.75, 3.05) is 31.7 Å². The number of hydrogen-bond acceptors (Lipinski definition) is 5. The molecule has 0 saturated carbocycles. The predicted octanol–water partition coefficient (Wildman–Crippen LogP) is 1.18. The molecule has 0 radical (unpaired) electrons. The molecule has 0 fully saturated rings. The molecule has 0 aliphatic heterocycles. The summed E-state index contributed by atoms with van der Waals surface area (Å²) in [5.41, 5.74) is -1.31. The van der Waals surface area contributed by atoms with Crippen LogP contribution >= 0.6 is 0 Å². The third kappa shape index (κ3) is 3.84. The van der Waals surface area contributed by atoms with E-state index in [0.29, 0.717) is 12.1 Å². The Morgan fingerprint density at radius 2 is 1.80 bits per heavy atom. The molecule has 0 bridgehead atoms. The number of nitrogens with zero attached hydrogens (tertiary/aromatic N) is 2. The third-order valence-corrected chi connectivity index (χ3v) is 4.29. The zero-order valence-corrected chi connectivity index (χ0v) is 11.6. The van der Waals surface area contributed by atoms with Crippen molar-refractivity contribution >= 4 is 21.4 Å². The molecule has 10 heteroatoms. The van der Waals surface area contributed by atoms with E-state index in [-0.39, 0.29) is 12.3 Å². The van der Waals surface area contributed by atoms with E-state index in [0.717, 1.165) is 4.31 Å². The topological polar surface area (TPSA) is 92.6 Å². The van der Waals surface area contributed by atoms with Gasteiger partial charge in [-0.05, 0) is 0 Å². The van der Waals surface area contributed by atoms with Gasteiger partial charge in [-0.2, -0.15) is 0 Å². The van der Waals surface area contributed by atoms with E-state index in [1.54, 1.807) is 0 Å². The minimum Gasteiger partial charge on any atom is -0.379 e. The first-order valence-electron chi connectivity index (χ1n) is 5.42. The third-order valence-electron chi connectivity index (χ3n) is 2.46. The summed E-state index contributed by atoms with van der Waals surface area (Å²) < 4.78 is 50.8. The van der Waals surface area contributed by atoms with Crippen molar-refractivity contribution in [3.05, 3.63) is 33.9 Å². The molecule has 0 unspecified atom stereocenters. The minimum absolute atomic E-state index is 0.230. The predicted molar refractivity (Wildman–Crippen MR) is 69.0 cm³/mol. The van der Waals surface area contributed by atoms with Crippen LogP contribution in [0, 0.1) is 21.7 Å². The van der Waals surface area contributed by atoms with Crippen LogP contribution < -0.4 is 5.32 Å². The summed E-state index contributed by atoms with van der Waals surface area (Å²) in [5.74, 6) is -2.67. The van der Waals surface area contributed by atoms with Crippen molar-refractivity contribution in [2.45, 2.75) is 0 Å². The molecular formula is C10H13F2N3O4S. The summed E-state index contributed by atoms with van der Waals surface area (Å²) >= 11 is 0. The van der Waals surface area contributed by atoms with Crippen molar-refractivity contribution in [1.82, 2.24) is 4.31 Å². The monoisotopic (exact) mass is 309 g/mol. The number of halogens is 2. The fourth-order valence-electron chi connectivity index (χ4n) is 1.32. The molecule has 0 saturated heterocycles. The molecule has 0 aromatic heterocycles. The Morgan fingerprint density at radius 3 is 2.20 bits per heavy atom. The standard InChI is InChI=1S/C10H13F2N3O4S/c1-14(2)20(18,19)4-3-13-10-8(11)5-7(15(16)17)6-9(10)12/h5-6,13H,3-4H2,1-2H3. The summed E-state index contributed by atoms with van der Waals surface area (Å²) in [6, 6.07) is 1.12. The van der Waals surface area contributed by atoms with Gasteiger partial charge in [-0.3, -0.25) is 10.1 Å². The van der Waals surface area contributed by atoms with Gasteiger partial charge in [0.25, 0.3) is 5.69 Å². The van der Waals surface area contributed by atoms with Gasteiger partial charge >= 0.3 is 0 Å². The van der Waals surface area contributed by atoms with Crippen LogP contribution in [0.25, 0.3) is 0 Å². The number of rotatable bonds is 6. The Bertz CT molecular complexity index is 596. The van der Waals surface area contributed by atoms with Crippen molar-refractivity contribution < 1.29 is 22.1 Å². The van der Waals surface area contributed by atoms with Crippen LogP contribution in [0.4, 0.5) is 20.2 Å². The Morgan fingerprint density at radius 1 is 1.30 bits per heavy atom. The number of nitrogens with one attached hydrogen (secondary N) is 1. The highest BCUT2D eigenvalue weighted by atomic mass is 32.2. The molecule has 1 rings (SSSR count). The highest BCUT2D eigenvalue weighted by Gasteiger charge is 2.18. The van der Waals surface area contributed by atoms with Crippen molar-refractivity contribution in [1.29, 1.82) is 0 Å². The molecule has 0 aliphatic carbocycles. The molecular weight excluding hydrogens is 296 g/mol. The lowest BCUT2D eigenvalue weighted by Crippen LogP contribution is -2.28. The van der Waals surface area contributed by atoms with Crippen LogP contribution in [0.5, 0.6) is 0 Å². The second-order valence-corrected chi connectivity index (χ2v) is 6.37. The summed E-state index contributed by atoms with van der Waals surface area (Å²) in [6.07, 6.45) is 0. The molecule has 20 heavy (non-hydrogen) atoms. The lowest BCUT2D eigenvalue weighted by atomic mass is 10.2. The van der Waals surface area contributed by atoms with Crippen LogP contribution in [0.3, 0.4) is 0 Å². The van der Waals surface area contributed by atoms with Gasteiger partial charge in [-0.15, -0.1) is 0 Å². The summed E-state index contributed by atoms with van der Waals surface area (Å²) in [4.78, 5) is 9.48. The lowest BCUT2D eigenvalue weighted by molar-refractivity contribution is -0.385. The van der Waals surface area contributed by atoms with E-state index in [2.05, 4.69) is 5.32 Å². The Kier molecular flexibility index (Phi) is 4.95. The highest BCUT2D eigenvalue weighted by molar-refractivity contribution is 7.89. The molecule has 0 heterocycles. The van der Waals surface area contributed by atoms with E-state index in [1.165, 1.54) is 14.1 Å². The number of anilines is 1. The number of hydrogen-bond donors (Lipinski definition) is 1. The number of nitro groups is 1. The fourth-order valence-corrected chi connectivity index (χ4v) is 2.05. The molecule has 0 atom stereocenters. The molecule has 0 aliphatic rings. The van der Waals surface area contributed by atoms with Gasteiger partial charge in [0.15, 0.2) is 11.6 Å². The smallest absolute Gasteiger partial charge is 0.275 e. The van der Waals surface area contributed by atoms with Crippen LogP contribution in [-0.2, 0) is 10.0 Å². The second-order valence-electron chi connectivity index (χ2n) is 4.07. The van der Waals surface area contributed by atoms with E-state index in [9.17, 15) is 27.3 Å². The maximum absolute atomic E-state index is 13.5. The van der Waals surface area contributed by atoms with E-state index in [4.69, 9.17) is 0 Å². The normalized spacial score (nSPS) is 11.7. The molecule has 7 nitrogen and oxygen atoms in total. The quantitative estimate of drug-likeness (QED) is 0.629. The first kappa shape index (κ1) is 16.2. The molecule has 1 aromatic rings. The van der Waals surface area contributed by atoms with Crippen molar-refractivity contribution in [3.63, 3.8) is 0 Å². The van der Waals surface area contributed by atoms with E-state index < -0.39 is 38.0 Å². The summed E-state index contributed by atoms with van der Waals surface area (Å²) in [6.45, 7) is -0.230. The SMILES string of the molecule is CN(C)S(=O)(=O)CCNc1c(F)cc([N+](=O)[O-])cc1F. The average Bonchev–Trinajstić information content (AvgIpc) is 2.31. The number of nitro benzene ring substituents is 1. The molecule has 112 valence electrons.